The molecule has 21 heavy (non-hydrogen) atoms. The summed E-state index contributed by atoms with van der Waals surface area (Å²) < 4.78 is 7.40. The van der Waals surface area contributed by atoms with Crippen molar-refractivity contribution in [2.45, 2.75) is 39.2 Å². The van der Waals surface area contributed by atoms with E-state index in [9.17, 15) is 0 Å². The molecule has 1 heterocycles. The molecule has 2 aromatic rings. The van der Waals surface area contributed by atoms with Gasteiger partial charge in [-0.15, -0.1) is 5.10 Å². The zero-order chi connectivity index (χ0) is 14.7. The van der Waals surface area contributed by atoms with Crippen LogP contribution in [0, 0.1) is 5.92 Å². The molecule has 1 saturated carbocycles. The van der Waals surface area contributed by atoms with E-state index in [2.05, 4.69) is 15.5 Å². The number of hydrogen-bond donors (Lipinski definition) is 1. The minimum atomic E-state index is 0.607. The van der Waals surface area contributed by atoms with Crippen molar-refractivity contribution in [3.63, 3.8) is 0 Å². The van der Waals surface area contributed by atoms with Crippen LogP contribution in [0.4, 0.5) is 5.69 Å². The normalized spacial score (nSPS) is 14.9. The highest BCUT2D eigenvalue weighted by Crippen LogP contribution is 2.30. The second-order valence-corrected chi connectivity index (χ2v) is 5.53. The van der Waals surface area contributed by atoms with Crippen molar-refractivity contribution in [1.29, 1.82) is 0 Å². The molecule has 0 amide bonds. The number of ether oxygens (including phenoxy) is 1. The number of nitrogen functional groups attached to an aromatic ring is 1. The number of nitrogens with zero attached hydrogens (tertiary/aromatic N) is 4. The first-order valence-corrected chi connectivity index (χ1v) is 7.56. The fourth-order valence-electron chi connectivity index (χ4n) is 2.65. The van der Waals surface area contributed by atoms with Crippen LogP contribution in [0.25, 0.3) is 11.4 Å². The van der Waals surface area contributed by atoms with Gasteiger partial charge in [0.25, 0.3) is 0 Å². The van der Waals surface area contributed by atoms with Gasteiger partial charge in [0.05, 0.1) is 6.61 Å². The first-order valence-electron chi connectivity index (χ1n) is 7.56. The third-order valence-electron chi connectivity index (χ3n) is 4.00. The lowest BCUT2D eigenvalue weighted by Gasteiger charge is -2.24. The van der Waals surface area contributed by atoms with Crippen molar-refractivity contribution < 1.29 is 4.74 Å². The van der Waals surface area contributed by atoms with Crippen molar-refractivity contribution in [1.82, 2.24) is 20.2 Å². The predicted octanol–water partition coefficient (Wildman–Crippen LogP) is 2.51. The molecule has 1 aliphatic carbocycles. The number of aryl methyl sites for hydroxylation is 1. The number of benzene rings is 1. The average Bonchev–Trinajstić information content (AvgIpc) is 2.85. The Morgan fingerprint density at radius 1 is 1.33 bits per heavy atom. The highest BCUT2D eigenvalue weighted by atomic mass is 16.5. The Labute approximate surface area is 124 Å². The van der Waals surface area contributed by atoms with Crippen LogP contribution in [-0.4, -0.2) is 26.8 Å². The minimum Gasteiger partial charge on any atom is -0.494 e. The van der Waals surface area contributed by atoms with Crippen molar-refractivity contribution >= 4 is 5.69 Å². The molecule has 1 fully saturated rings. The predicted molar refractivity (Wildman–Crippen MR) is 80.8 cm³/mol. The molecule has 0 spiro atoms. The van der Waals surface area contributed by atoms with Gasteiger partial charge in [-0.3, -0.25) is 0 Å². The van der Waals surface area contributed by atoms with E-state index in [0.29, 0.717) is 12.3 Å². The van der Waals surface area contributed by atoms with Gasteiger partial charge >= 0.3 is 0 Å². The van der Waals surface area contributed by atoms with Crippen molar-refractivity contribution in [2.75, 3.05) is 12.3 Å². The van der Waals surface area contributed by atoms with Crippen LogP contribution in [0.1, 0.15) is 32.6 Å². The molecule has 1 aliphatic rings. The molecule has 1 aromatic carbocycles. The number of tetrazole rings is 1. The van der Waals surface area contributed by atoms with Crippen LogP contribution in [0.2, 0.25) is 0 Å². The second kappa shape index (κ2) is 6.11. The Morgan fingerprint density at radius 3 is 2.90 bits per heavy atom. The van der Waals surface area contributed by atoms with E-state index in [4.69, 9.17) is 10.5 Å². The van der Waals surface area contributed by atoms with Crippen LogP contribution in [0.5, 0.6) is 5.75 Å². The molecule has 0 unspecified atom stereocenters. The lowest BCUT2D eigenvalue weighted by Crippen LogP contribution is -2.15. The number of nitrogens with two attached hydrogens (primary N) is 1. The van der Waals surface area contributed by atoms with Gasteiger partial charge in [-0.05, 0) is 41.8 Å². The standard InChI is InChI=1S/C15H21N5O/c1-2-21-14-9-12(8-13(16)10-14)15-17-18-19-20(15)7-6-11-4-3-5-11/h8-11H,2-7,16H2,1H3. The molecule has 2 N–H and O–H groups in total. The molecule has 0 radical (unpaired) electrons. The van der Waals surface area contributed by atoms with E-state index in [1.807, 2.05) is 29.8 Å². The molecule has 0 atom stereocenters. The highest BCUT2D eigenvalue weighted by Gasteiger charge is 2.18. The highest BCUT2D eigenvalue weighted by molar-refractivity contribution is 5.64. The first kappa shape index (κ1) is 13.9. The molecular formula is C15H21N5O. The average molecular weight is 287 g/mol. The fourth-order valence-corrected chi connectivity index (χ4v) is 2.65. The van der Waals surface area contributed by atoms with Crippen LogP contribution in [-0.2, 0) is 6.54 Å². The maximum Gasteiger partial charge on any atom is 0.182 e. The van der Waals surface area contributed by atoms with Crippen molar-refractivity contribution in [3.8, 4) is 17.1 Å². The Morgan fingerprint density at radius 2 is 2.19 bits per heavy atom. The third-order valence-corrected chi connectivity index (χ3v) is 4.00. The summed E-state index contributed by atoms with van der Waals surface area (Å²) in [6.07, 6.45) is 5.17. The minimum absolute atomic E-state index is 0.607. The Balaban J connectivity index is 1.80. The molecule has 1 aromatic heterocycles. The molecule has 6 nitrogen and oxygen atoms in total. The summed E-state index contributed by atoms with van der Waals surface area (Å²) in [5.74, 6) is 2.34. The van der Waals surface area contributed by atoms with E-state index in [-0.39, 0.29) is 0 Å². The summed E-state index contributed by atoms with van der Waals surface area (Å²) in [7, 11) is 0. The second-order valence-electron chi connectivity index (χ2n) is 5.53. The zero-order valence-corrected chi connectivity index (χ0v) is 12.3. The quantitative estimate of drug-likeness (QED) is 0.826. The number of anilines is 1. The van der Waals surface area contributed by atoms with Gasteiger partial charge in [-0.2, -0.15) is 0 Å². The summed E-state index contributed by atoms with van der Waals surface area (Å²) in [6, 6.07) is 5.63. The van der Waals surface area contributed by atoms with Crippen molar-refractivity contribution in [2.24, 2.45) is 5.92 Å². The van der Waals surface area contributed by atoms with Gasteiger partial charge in [0.15, 0.2) is 5.82 Å². The van der Waals surface area contributed by atoms with E-state index < -0.39 is 0 Å². The van der Waals surface area contributed by atoms with E-state index in [1.54, 1.807) is 0 Å². The molecule has 0 aliphatic heterocycles. The number of aromatic nitrogens is 4. The Hall–Kier alpha value is -2.11. The molecule has 0 bridgehead atoms. The van der Waals surface area contributed by atoms with E-state index in [0.717, 1.165) is 36.0 Å². The van der Waals surface area contributed by atoms with Crippen LogP contribution >= 0.6 is 0 Å². The van der Waals surface area contributed by atoms with Gasteiger partial charge in [0.2, 0.25) is 0 Å². The maximum absolute atomic E-state index is 5.94. The first-order chi connectivity index (χ1) is 10.3. The van der Waals surface area contributed by atoms with Crippen LogP contribution in [0.3, 0.4) is 0 Å². The van der Waals surface area contributed by atoms with Gasteiger partial charge in [0.1, 0.15) is 5.75 Å². The largest absolute Gasteiger partial charge is 0.494 e. The third kappa shape index (κ3) is 3.15. The van der Waals surface area contributed by atoms with E-state index in [1.165, 1.54) is 19.3 Å². The smallest absolute Gasteiger partial charge is 0.182 e. The van der Waals surface area contributed by atoms with Crippen LogP contribution in [0.15, 0.2) is 18.2 Å². The van der Waals surface area contributed by atoms with Gasteiger partial charge in [-0.1, -0.05) is 19.3 Å². The Kier molecular flexibility index (Phi) is 4.03. The topological polar surface area (TPSA) is 78.8 Å². The fraction of sp³-hybridized carbons (Fsp3) is 0.533. The summed E-state index contributed by atoms with van der Waals surface area (Å²) in [5.41, 5.74) is 7.50. The maximum atomic E-state index is 5.94. The molecular weight excluding hydrogens is 266 g/mol. The van der Waals surface area contributed by atoms with Gasteiger partial charge < -0.3 is 10.5 Å². The number of hydrogen-bond acceptors (Lipinski definition) is 5. The Bertz CT molecular complexity index is 606. The summed E-state index contributed by atoms with van der Waals surface area (Å²) in [6.45, 7) is 3.41. The molecule has 112 valence electrons. The van der Waals surface area contributed by atoms with Crippen molar-refractivity contribution in [3.05, 3.63) is 18.2 Å². The van der Waals surface area contributed by atoms with Gasteiger partial charge in [-0.25, -0.2) is 4.68 Å². The zero-order valence-electron chi connectivity index (χ0n) is 12.3. The monoisotopic (exact) mass is 287 g/mol. The lowest BCUT2D eigenvalue weighted by molar-refractivity contribution is 0.277. The summed E-state index contributed by atoms with van der Waals surface area (Å²) in [5, 5.41) is 12.1. The molecule has 6 heteroatoms. The lowest BCUT2D eigenvalue weighted by atomic mass is 9.83. The van der Waals surface area contributed by atoms with Crippen LogP contribution < -0.4 is 10.5 Å². The summed E-state index contributed by atoms with van der Waals surface area (Å²) in [4.78, 5) is 0. The molecule has 0 saturated heterocycles. The van der Waals surface area contributed by atoms with E-state index >= 15 is 0 Å². The summed E-state index contributed by atoms with van der Waals surface area (Å²) >= 11 is 0. The SMILES string of the molecule is CCOc1cc(N)cc(-c2nnnn2CCC2CCC2)c1. The molecule has 3 rings (SSSR count). The number of rotatable bonds is 6. The van der Waals surface area contributed by atoms with Gasteiger partial charge in [0, 0.05) is 23.9 Å².